The lowest BCUT2D eigenvalue weighted by atomic mass is 9.97. The zero-order valence-corrected chi connectivity index (χ0v) is 9.37. The van der Waals surface area contributed by atoms with E-state index in [1.54, 1.807) is 0 Å². The summed E-state index contributed by atoms with van der Waals surface area (Å²) >= 11 is 0. The Morgan fingerprint density at radius 1 is 1.40 bits per heavy atom. The van der Waals surface area contributed by atoms with Crippen molar-refractivity contribution in [2.75, 3.05) is 13.1 Å². The molecule has 0 saturated heterocycles. The van der Waals surface area contributed by atoms with Gasteiger partial charge in [-0.2, -0.15) is 0 Å². The maximum Gasteiger partial charge on any atom is 0.0447 e. The predicted octanol–water partition coefficient (Wildman–Crippen LogP) is 2.17. The molecule has 1 aromatic rings. The number of benzene rings is 1. The van der Waals surface area contributed by atoms with Crippen molar-refractivity contribution in [2.24, 2.45) is 5.73 Å². The van der Waals surface area contributed by atoms with Crippen LogP contribution < -0.4 is 11.1 Å². The fourth-order valence-corrected chi connectivity index (χ4v) is 2.16. The van der Waals surface area contributed by atoms with Crippen LogP contribution in [-0.2, 0) is 0 Å². The van der Waals surface area contributed by atoms with E-state index >= 15 is 0 Å². The Morgan fingerprint density at radius 3 is 2.73 bits per heavy atom. The first-order valence-electron chi connectivity index (χ1n) is 5.89. The zero-order chi connectivity index (χ0) is 10.7. The summed E-state index contributed by atoms with van der Waals surface area (Å²) in [5.74, 6) is 0.800. The summed E-state index contributed by atoms with van der Waals surface area (Å²) < 4.78 is 0. The van der Waals surface area contributed by atoms with E-state index in [1.807, 2.05) is 0 Å². The molecule has 0 bridgehead atoms. The second kappa shape index (κ2) is 4.77. The van der Waals surface area contributed by atoms with E-state index in [9.17, 15) is 0 Å². The van der Waals surface area contributed by atoms with Crippen LogP contribution in [0.1, 0.15) is 42.9 Å². The zero-order valence-electron chi connectivity index (χ0n) is 9.37. The second-order valence-electron chi connectivity index (χ2n) is 4.25. The molecule has 0 heterocycles. The average molecular weight is 204 g/mol. The number of hydrogen-bond donors (Lipinski definition) is 2. The third-order valence-electron chi connectivity index (χ3n) is 3.07. The van der Waals surface area contributed by atoms with Crippen LogP contribution in [0.25, 0.3) is 0 Å². The first-order valence-corrected chi connectivity index (χ1v) is 5.89. The van der Waals surface area contributed by atoms with E-state index in [2.05, 4.69) is 36.5 Å². The molecule has 0 amide bonds. The molecule has 1 unspecified atom stereocenters. The van der Waals surface area contributed by atoms with Crippen LogP contribution in [0.4, 0.5) is 0 Å². The summed E-state index contributed by atoms with van der Waals surface area (Å²) in [7, 11) is 0. The first kappa shape index (κ1) is 10.7. The number of nitrogens with one attached hydrogen (secondary N) is 1. The van der Waals surface area contributed by atoms with Crippen molar-refractivity contribution in [3.63, 3.8) is 0 Å². The largest absolute Gasteiger partial charge is 0.329 e. The van der Waals surface area contributed by atoms with Gasteiger partial charge in [-0.15, -0.1) is 0 Å². The van der Waals surface area contributed by atoms with Gasteiger partial charge in [0.25, 0.3) is 0 Å². The van der Waals surface area contributed by atoms with Gasteiger partial charge < -0.3 is 11.1 Å². The Labute approximate surface area is 91.9 Å². The molecule has 1 saturated carbocycles. The van der Waals surface area contributed by atoms with Gasteiger partial charge in [0.15, 0.2) is 0 Å². The molecule has 15 heavy (non-hydrogen) atoms. The average Bonchev–Trinajstić information content (AvgIpc) is 3.10. The van der Waals surface area contributed by atoms with Crippen LogP contribution in [0.2, 0.25) is 0 Å². The number of hydrogen-bond acceptors (Lipinski definition) is 2. The van der Waals surface area contributed by atoms with Gasteiger partial charge in [0.1, 0.15) is 0 Å². The molecule has 1 aliphatic carbocycles. The van der Waals surface area contributed by atoms with E-state index in [0.717, 1.165) is 12.5 Å². The Morgan fingerprint density at radius 2 is 2.13 bits per heavy atom. The number of rotatable bonds is 5. The van der Waals surface area contributed by atoms with Crippen LogP contribution in [0, 0.1) is 0 Å². The molecule has 2 heteroatoms. The summed E-state index contributed by atoms with van der Waals surface area (Å²) in [6.45, 7) is 3.78. The molecule has 3 N–H and O–H groups in total. The molecule has 2 rings (SSSR count). The topological polar surface area (TPSA) is 38.0 Å². The summed E-state index contributed by atoms with van der Waals surface area (Å²) in [5.41, 5.74) is 8.73. The van der Waals surface area contributed by atoms with Gasteiger partial charge in [-0.3, -0.25) is 0 Å². The van der Waals surface area contributed by atoms with Gasteiger partial charge in [-0.1, -0.05) is 31.2 Å². The molecule has 0 aliphatic heterocycles. The molecule has 1 aromatic carbocycles. The normalized spacial score (nSPS) is 17.7. The van der Waals surface area contributed by atoms with Crippen LogP contribution in [0.3, 0.4) is 0 Å². The van der Waals surface area contributed by atoms with Crippen molar-refractivity contribution in [1.29, 1.82) is 0 Å². The maximum atomic E-state index is 5.82. The summed E-state index contributed by atoms with van der Waals surface area (Å²) in [6, 6.07) is 9.05. The second-order valence-corrected chi connectivity index (χ2v) is 4.25. The lowest BCUT2D eigenvalue weighted by Gasteiger charge is -2.19. The van der Waals surface area contributed by atoms with Crippen LogP contribution in [0.5, 0.6) is 0 Å². The molecule has 0 aromatic heterocycles. The molecule has 2 nitrogen and oxygen atoms in total. The van der Waals surface area contributed by atoms with E-state index in [0.29, 0.717) is 12.6 Å². The van der Waals surface area contributed by atoms with Gasteiger partial charge in [0, 0.05) is 12.6 Å². The Kier molecular flexibility index (Phi) is 3.39. The fraction of sp³-hybridized carbons (Fsp3) is 0.538. The summed E-state index contributed by atoms with van der Waals surface area (Å²) in [5, 5.41) is 3.45. The summed E-state index contributed by atoms with van der Waals surface area (Å²) in [4.78, 5) is 0. The maximum absolute atomic E-state index is 5.82. The molecule has 1 fully saturated rings. The third-order valence-corrected chi connectivity index (χ3v) is 3.07. The van der Waals surface area contributed by atoms with Gasteiger partial charge in [0.2, 0.25) is 0 Å². The van der Waals surface area contributed by atoms with Gasteiger partial charge >= 0.3 is 0 Å². The van der Waals surface area contributed by atoms with E-state index in [4.69, 9.17) is 5.73 Å². The molecule has 1 aliphatic rings. The van der Waals surface area contributed by atoms with Crippen molar-refractivity contribution in [1.82, 2.24) is 5.32 Å². The molecular formula is C13H20N2. The molecule has 0 spiro atoms. The Bertz CT molecular complexity index is 318. The predicted molar refractivity (Wildman–Crippen MR) is 63.9 cm³/mol. The highest BCUT2D eigenvalue weighted by Gasteiger charge is 2.27. The standard InChI is InChI=1S/C13H20N2/c1-2-15-13(9-14)12-6-4-3-5-11(12)10-7-8-10/h3-6,10,13,15H,2,7-9,14H2,1H3. The van der Waals surface area contributed by atoms with Gasteiger partial charge in [-0.25, -0.2) is 0 Å². The van der Waals surface area contributed by atoms with Crippen LogP contribution in [-0.4, -0.2) is 13.1 Å². The van der Waals surface area contributed by atoms with Crippen molar-refractivity contribution >= 4 is 0 Å². The van der Waals surface area contributed by atoms with Crippen molar-refractivity contribution in [3.8, 4) is 0 Å². The Hall–Kier alpha value is -0.860. The third kappa shape index (κ3) is 2.39. The monoisotopic (exact) mass is 204 g/mol. The highest BCUT2D eigenvalue weighted by atomic mass is 14.9. The van der Waals surface area contributed by atoms with Crippen LogP contribution >= 0.6 is 0 Å². The lowest BCUT2D eigenvalue weighted by Crippen LogP contribution is -2.28. The highest BCUT2D eigenvalue weighted by molar-refractivity contribution is 5.35. The minimum absolute atomic E-state index is 0.326. The van der Waals surface area contributed by atoms with Crippen molar-refractivity contribution in [2.45, 2.75) is 31.7 Å². The van der Waals surface area contributed by atoms with Crippen LogP contribution in [0.15, 0.2) is 24.3 Å². The number of likely N-dealkylation sites (N-methyl/N-ethyl adjacent to an activating group) is 1. The minimum Gasteiger partial charge on any atom is -0.329 e. The SMILES string of the molecule is CCNC(CN)c1ccccc1C1CC1. The minimum atomic E-state index is 0.326. The molecule has 0 radical (unpaired) electrons. The van der Waals surface area contributed by atoms with Gasteiger partial charge in [0.05, 0.1) is 0 Å². The Balaban J connectivity index is 2.23. The molecule has 1 atom stereocenters. The lowest BCUT2D eigenvalue weighted by molar-refractivity contribution is 0.557. The van der Waals surface area contributed by atoms with E-state index in [1.165, 1.54) is 24.0 Å². The van der Waals surface area contributed by atoms with E-state index in [-0.39, 0.29) is 0 Å². The van der Waals surface area contributed by atoms with Crippen molar-refractivity contribution in [3.05, 3.63) is 35.4 Å². The quantitative estimate of drug-likeness (QED) is 0.771. The molecular weight excluding hydrogens is 184 g/mol. The smallest absolute Gasteiger partial charge is 0.0447 e. The van der Waals surface area contributed by atoms with Crippen molar-refractivity contribution < 1.29 is 0 Å². The summed E-state index contributed by atoms with van der Waals surface area (Å²) in [6.07, 6.45) is 2.70. The molecule has 82 valence electrons. The highest BCUT2D eigenvalue weighted by Crippen LogP contribution is 2.42. The first-order chi connectivity index (χ1) is 7.36. The van der Waals surface area contributed by atoms with E-state index < -0.39 is 0 Å². The van der Waals surface area contributed by atoms with Gasteiger partial charge in [-0.05, 0) is 36.4 Å². The fourth-order valence-electron chi connectivity index (χ4n) is 2.16. The number of nitrogens with two attached hydrogens (primary N) is 1.